The smallest absolute Gasteiger partial charge is 0.373 e. The van der Waals surface area contributed by atoms with Gasteiger partial charge in [-0.3, -0.25) is 0 Å². The fraction of sp³-hybridized carbons (Fsp3) is 0.700. The maximum atomic E-state index is 11.6. The van der Waals surface area contributed by atoms with Crippen LogP contribution in [0.2, 0.25) is 0 Å². The van der Waals surface area contributed by atoms with Crippen molar-refractivity contribution in [1.29, 1.82) is 0 Å². The summed E-state index contributed by atoms with van der Waals surface area (Å²) < 4.78 is 1.92. The Bertz CT molecular complexity index is 471. The SMILES string of the molecule is CCCCCCCCCCCC(C(=O)O)[n+]1cccc(C)c1C. The van der Waals surface area contributed by atoms with E-state index in [-0.39, 0.29) is 0 Å². The molecule has 1 heterocycles. The molecule has 0 amide bonds. The molecule has 1 aromatic rings. The second kappa shape index (κ2) is 11.2. The van der Waals surface area contributed by atoms with E-state index in [1.54, 1.807) is 0 Å². The minimum atomic E-state index is -0.719. The zero-order valence-corrected chi connectivity index (χ0v) is 15.2. The van der Waals surface area contributed by atoms with Gasteiger partial charge in [0.2, 0.25) is 0 Å². The zero-order valence-electron chi connectivity index (χ0n) is 15.2. The molecule has 0 aliphatic rings. The summed E-state index contributed by atoms with van der Waals surface area (Å²) in [7, 11) is 0. The third kappa shape index (κ3) is 7.15. The number of aliphatic carboxylic acids is 1. The molecule has 1 N–H and O–H groups in total. The zero-order chi connectivity index (χ0) is 17.1. The van der Waals surface area contributed by atoms with Crippen molar-refractivity contribution in [2.75, 3.05) is 0 Å². The molecule has 0 saturated heterocycles. The lowest BCUT2D eigenvalue weighted by atomic mass is 10.0. The highest BCUT2D eigenvalue weighted by molar-refractivity contribution is 5.69. The normalized spacial score (nSPS) is 12.3. The van der Waals surface area contributed by atoms with Gasteiger partial charge in [0.25, 0.3) is 6.04 Å². The Morgan fingerprint density at radius 2 is 1.61 bits per heavy atom. The van der Waals surface area contributed by atoms with Crippen molar-refractivity contribution in [2.45, 2.75) is 91.0 Å². The number of rotatable bonds is 12. The number of pyridine rings is 1. The minimum absolute atomic E-state index is 0.431. The van der Waals surface area contributed by atoms with E-state index in [0.29, 0.717) is 0 Å². The Hall–Kier alpha value is -1.38. The quantitative estimate of drug-likeness (QED) is 0.428. The lowest BCUT2D eigenvalue weighted by molar-refractivity contribution is -0.717. The first-order valence-electron chi connectivity index (χ1n) is 9.28. The van der Waals surface area contributed by atoms with Gasteiger partial charge in [-0.1, -0.05) is 58.3 Å². The fourth-order valence-electron chi connectivity index (χ4n) is 3.08. The maximum Gasteiger partial charge on any atom is 0.373 e. The largest absolute Gasteiger partial charge is 0.476 e. The number of aryl methyl sites for hydroxylation is 1. The highest BCUT2D eigenvalue weighted by Gasteiger charge is 2.28. The van der Waals surface area contributed by atoms with Crippen LogP contribution in [-0.2, 0) is 4.79 Å². The van der Waals surface area contributed by atoms with E-state index < -0.39 is 12.0 Å². The van der Waals surface area contributed by atoms with E-state index >= 15 is 0 Å². The fourth-order valence-corrected chi connectivity index (χ4v) is 3.08. The van der Waals surface area contributed by atoms with Gasteiger partial charge in [0.15, 0.2) is 11.9 Å². The summed E-state index contributed by atoms with van der Waals surface area (Å²) in [5.41, 5.74) is 2.20. The minimum Gasteiger partial charge on any atom is -0.476 e. The van der Waals surface area contributed by atoms with Crippen molar-refractivity contribution in [3.63, 3.8) is 0 Å². The Kier molecular flexibility index (Phi) is 9.58. The van der Waals surface area contributed by atoms with Crippen LogP contribution < -0.4 is 4.57 Å². The molecule has 1 aromatic heterocycles. The van der Waals surface area contributed by atoms with Crippen molar-refractivity contribution in [1.82, 2.24) is 0 Å². The lowest BCUT2D eigenvalue weighted by Gasteiger charge is -2.11. The molecule has 0 bridgehead atoms. The number of unbranched alkanes of at least 4 members (excludes halogenated alkanes) is 8. The molecule has 0 saturated carbocycles. The van der Waals surface area contributed by atoms with Gasteiger partial charge in [0, 0.05) is 25.0 Å². The number of aromatic nitrogens is 1. The van der Waals surface area contributed by atoms with Crippen LogP contribution in [-0.4, -0.2) is 11.1 Å². The molecule has 1 rings (SSSR count). The van der Waals surface area contributed by atoms with Crippen molar-refractivity contribution in [2.24, 2.45) is 0 Å². The second-order valence-electron chi connectivity index (χ2n) is 6.66. The standard InChI is InChI=1S/C20H33NO2/c1-4-5-6-7-8-9-10-11-12-15-19(20(22)23)21-16-13-14-17(2)18(21)3/h13-14,16,19H,4-12,15H2,1-3H3/p+1. The van der Waals surface area contributed by atoms with Crippen molar-refractivity contribution < 1.29 is 14.5 Å². The summed E-state index contributed by atoms with van der Waals surface area (Å²) >= 11 is 0. The molecular formula is C20H34NO2+. The molecule has 0 radical (unpaired) electrons. The van der Waals surface area contributed by atoms with Crippen LogP contribution >= 0.6 is 0 Å². The lowest BCUT2D eigenvalue weighted by Crippen LogP contribution is -2.46. The van der Waals surface area contributed by atoms with Gasteiger partial charge in [-0.25, -0.2) is 4.79 Å². The highest BCUT2D eigenvalue weighted by Crippen LogP contribution is 2.15. The molecule has 3 heteroatoms. The molecule has 1 atom stereocenters. The number of carbonyl (C=O) groups is 1. The van der Waals surface area contributed by atoms with Crippen LogP contribution in [0.1, 0.15) is 88.4 Å². The average molecular weight is 320 g/mol. The number of hydrogen-bond acceptors (Lipinski definition) is 1. The summed E-state index contributed by atoms with van der Waals surface area (Å²) in [4.78, 5) is 11.6. The third-order valence-corrected chi connectivity index (χ3v) is 4.75. The molecule has 0 aliphatic heterocycles. The average Bonchev–Trinajstić information content (AvgIpc) is 2.52. The van der Waals surface area contributed by atoms with Crippen molar-refractivity contribution >= 4 is 5.97 Å². The predicted molar refractivity (Wildman–Crippen MR) is 94.6 cm³/mol. The van der Waals surface area contributed by atoms with E-state index in [9.17, 15) is 9.90 Å². The van der Waals surface area contributed by atoms with Gasteiger partial charge in [-0.2, -0.15) is 4.57 Å². The Morgan fingerprint density at radius 1 is 1.04 bits per heavy atom. The van der Waals surface area contributed by atoms with Crippen LogP contribution in [0.5, 0.6) is 0 Å². The van der Waals surface area contributed by atoms with Gasteiger partial charge in [0.05, 0.1) is 0 Å². The van der Waals surface area contributed by atoms with Crippen molar-refractivity contribution in [3.05, 3.63) is 29.6 Å². The Morgan fingerprint density at radius 3 is 2.17 bits per heavy atom. The molecule has 1 unspecified atom stereocenters. The molecule has 0 fully saturated rings. The highest BCUT2D eigenvalue weighted by atomic mass is 16.4. The van der Waals surface area contributed by atoms with Crippen LogP contribution in [0.4, 0.5) is 0 Å². The van der Waals surface area contributed by atoms with Crippen LogP contribution in [0, 0.1) is 13.8 Å². The van der Waals surface area contributed by atoms with Crippen LogP contribution in [0.15, 0.2) is 18.3 Å². The first kappa shape index (κ1) is 19.7. The van der Waals surface area contributed by atoms with E-state index in [4.69, 9.17) is 0 Å². The van der Waals surface area contributed by atoms with Gasteiger partial charge in [0.1, 0.15) is 0 Å². The van der Waals surface area contributed by atoms with Crippen LogP contribution in [0.25, 0.3) is 0 Å². The number of carboxylic acids is 1. The first-order valence-corrected chi connectivity index (χ1v) is 9.28. The Balaban J connectivity index is 2.32. The first-order chi connectivity index (χ1) is 11.1. The van der Waals surface area contributed by atoms with E-state index in [1.165, 1.54) is 44.9 Å². The molecule has 3 nitrogen and oxygen atoms in total. The monoisotopic (exact) mass is 320 g/mol. The maximum absolute atomic E-state index is 11.6. The second-order valence-corrected chi connectivity index (χ2v) is 6.66. The van der Waals surface area contributed by atoms with Gasteiger partial charge in [-0.15, -0.1) is 0 Å². The van der Waals surface area contributed by atoms with Gasteiger partial charge >= 0.3 is 5.97 Å². The Labute approximate surface area is 141 Å². The molecule has 0 aromatic carbocycles. The van der Waals surface area contributed by atoms with Crippen molar-refractivity contribution in [3.8, 4) is 0 Å². The van der Waals surface area contributed by atoms with E-state index in [1.807, 2.05) is 36.7 Å². The number of hydrogen-bond donors (Lipinski definition) is 1. The van der Waals surface area contributed by atoms with Gasteiger partial charge in [-0.05, 0) is 19.4 Å². The third-order valence-electron chi connectivity index (χ3n) is 4.75. The summed E-state index contributed by atoms with van der Waals surface area (Å²) in [6.07, 6.45) is 14.0. The molecular weight excluding hydrogens is 286 g/mol. The van der Waals surface area contributed by atoms with E-state index in [2.05, 4.69) is 6.92 Å². The number of nitrogens with zero attached hydrogens (tertiary/aromatic N) is 1. The summed E-state index contributed by atoms with van der Waals surface area (Å²) in [6.45, 7) is 6.28. The number of carboxylic acid groups (broad SMARTS) is 1. The van der Waals surface area contributed by atoms with Gasteiger partial charge < -0.3 is 5.11 Å². The summed E-state index contributed by atoms with van der Waals surface area (Å²) in [5.74, 6) is -0.719. The summed E-state index contributed by atoms with van der Waals surface area (Å²) in [6, 6.07) is 3.54. The van der Waals surface area contributed by atoms with Crippen LogP contribution in [0.3, 0.4) is 0 Å². The summed E-state index contributed by atoms with van der Waals surface area (Å²) in [5, 5.41) is 9.54. The molecule has 130 valence electrons. The molecule has 0 aliphatic carbocycles. The molecule has 23 heavy (non-hydrogen) atoms. The van der Waals surface area contributed by atoms with E-state index in [0.717, 1.165) is 30.5 Å². The predicted octanol–water partition coefficient (Wildman–Crippen LogP) is 5.14. The molecule has 0 spiro atoms. The topological polar surface area (TPSA) is 41.2 Å².